The normalized spacial score (nSPS) is 19.1. The zero-order chi connectivity index (χ0) is 14.0. The van der Waals surface area contributed by atoms with E-state index in [1.807, 2.05) is 0 Å². The van der Waals surface area contributed by atoms with Crippen molar-refractivity contribution in [1.29, 1.82) is 0 Å². The van der Waals surface area contributed by atoms with Crippen LogP contribution in [-0.4, -0.2) is 29.0 Å². The van der Waals surface area contributed by atoms with Crippen LogP contribution >= 0.6 is 0 Å². The summed E-state index contributed by atoms with van der Waals surface area (Å²) in [6.45, 7) is 13.7. The summed E-state index contributed by atoms with van der Waals surface area (Å²) in [5, 5.41) is 0. The summed E-state index contributed by atoms with van der Waals surface area (Å²) in [6, 6.07) is 5.19. The average Bonchev–Trinajstić information content (AvgIpc) is 2.38. The Hall–Kier alpha value is -0.890. The minimum atomic E-state index is 0.152. The molecule has 0 spiro atoms. The molecule has 2 nitrogen and oxygen atoms in total. The molecule has 0 N–H and O–H groups in total. The van der Waals surface area contributed by atoms with E-state index in [0.29, 0.717) is 12.0 Å². The van der Waals surface area contributed by atoms with E-state index in [2.05, 4.69) is 62.8 Å². The summed E-state index contributed by atoms with van der Waals surface area (Å²) >= 11 is 0. The van der Waals surface area contributed by atoms with Crippen LogP contribution in [-0.2, 0) is 5.41 Å². The molecular weight excluding hydrogens is 232 g/mol. The molecule has 1 aromatic rings. The van der Waals surface area contributed by atoms with Crippen molar-refractivity contribution in [3.8, 4) is 0 Å². The molecule has 0 aromatic carbocycles. The van der Waals surface area contributed by atoms with Crippen LogP contribution in [0.3, 0.4) is 0 Å². The third-order valence-electron chi connectivity index (χ3n) is 4.29. The first-order valence-corrected chi connectivity index (χ1v) is 7.58. The molecule has 19 heavy (non-hydrogen) atoms. The van der Waals surface area contributed by atoms with Crippen molar-refractivity contribution in [2.24, 2.45) is 0 Å². The van der Waals surface area contributed by atoms with Crippen molar-refractivity contribution in [3.63, 3.8) is 0 Å². The molecule has 0 aliphatic carbocycles. The Morgan fingerprint density at radius 3 is 2.21 bits per heavy atom. The lowest BCUT2D eigenvalue weighted by Crippen LogP contribution is -2.37. The minimum absolute atomic E-state index is 0.152. The van der Waals surface area contributed by atoms with Crippen LogP contribution in [0.1, 0.15) is 64.6 Å². The molecular formula is C17H28N2. The third kappa shape index (κ3) is 3.56. The molecule has 0 unspecified atom stereocenters. The van der Waals surface area contributed by atoms with E-state index in [9.17, 15) is 0 Å². The van der Waals surface area contributed by atoms with Crippen molar-refractivity contribution in [3.05, 3.63) is 29.6 Å². The summed E-state index contributed by atoms with van der Waals surface area (Å²) in [5.74, 6) is 0.705. The molecule has 0 radical (unpaired) electrons. The quantitative estimate of drug-likeness (QED) is 0.800. The van der Waals surface area contributed by atoms with Gasteiger partial charge >= 0.3 is 0 Å². The molecule has 106 valence electrons. The van der Waals surface area contributed by atoms with Gasteiger partial charge in [-0.15, -0.1) is 0 Å². The molecule has 0 amide bonds. The van der Waals surface area contributed by atoms with Crippen LogP contribution in [0.25, 0.3) is 0 Å². The molecule has 0 atom stereocenters. The summed E-state index contributed by atoms with van der Waals surface area (Å²) in [6.07, 6.45) is 4.65. The van der Waals surface area contributed by atoms with Gasteiger partial charge in [0.15, 0.2) is 0 Å². The number of rotatable bonds is 2. The highest BCUT2D eigenvalue weighted by molar-refractivity contribution is 5.22. The molecule has 2 heteroatoms. The standard InChI is InChI=1S/C17H28N2/c1-13(2)19-10-8-14(9-11-19)15-6-7-16(18-12-15)17(3,4)5/h6-7,12-14H,8-11H2,1-5H3. The van der Waals surface area contributed by atoms with Crippen molar-refractivity contribution >= 4 is 0 Å². The van der Waals surface area contributed by atoms with Crippen LogP contribution in [0.15, 0.2) is 18.3 Å². The van der Waals surface area contributed by atoms with Crippen LogP contribution in [0.5, 0.6) is 0 Å². The Balaban J connectivity index is 2.00. The van der Waals surface area contributed by atoms with Gasteiger partial charge in [0.25, 0.3) is 0 Å². The summed E-state index contributed by atoms with van der Waals surface area (Å²) in [5.41, 5.74) is 2.77. The smallest absolute Gasteiger partial charge is 0.0457 e. The summed E-state index contributed by atoms with van der Waals surface area (Å²) in [7, 11) is 0. The molecule has 0 saturated carbocycles. The maximum absolute atomic E-state index is 4.67. The zero-order valence-electron chi connectivity index (χ0n) is 13.1. The predicted molar refractivity (Wildman–Crippen MR) is 81.6 cm³/mol. The highest BCUT2D eigenvalue weighted by Crippen LogP contribution is 2.29. The maximum Gasteiger partial charge on any atom is 0.0457 e. The van der Waals surface area contributed by atoms with Gasteiger partial charge in [0.1, 0.15) is 0 Å². The second-order valence-electron chi connectivity index (χ2n) is 7.13. The Labute approximate surface area is 118 Å². The van der Waals surface area contributed by atoms with E-state index in [0.717, 1.165) is 0 Å². The van der Waals surface area contributed by atoms with Crippen LogP contribution in [0.4, 0.5) is 0 Å². The van der Waals surface area contributed by atoms with Crippen LogP contribution < -0.4 is 0 Å². The molecule has 2 heterocycles. The van der Waals surface area contributed by atoms with Crippen molar-refractivity contribution in [2.45, 2.75) is 64.8 Å². The zero-order valence-corrected chi connectivity index (χ0v) is 13.1. The summed E-state index contributed by atoms with van der Waals surface area (Å²) < 4.78 is 0. The lowest BCUT2D eigenvalue weighted by atomic mass is 9.87. The van der Waals surface area contributed by atoms with Crippen LogP contribution in [0, 0.1) is 0 Å². The molecule has 1 aliphatic heterocycles. The molecule has 2 rings (SSSR count). The van der Waals surface area contributed by atoms with Crippen LogP contribution in [0.2, 0.25) is 0 Å². The van der Waals surface area contributed by atoms with Gasteiger partial charge in [-0.05, 0) is 57.3 Å². The fraction of sp³-hybridized carbons (Fsp3) is 0.706. The van der Waals surface area contributed by atoms with E-state index < -0.39 is 0 Å². The predicted octanol–water partition coefficient (Wildman–Crippen LogP) is 3.97. The van der Waals surface area contributed by atoms with Crippen molar-refractivity contribution in [2.75, 3.05) is 13.1 Å². The number of nitrogens with zero attached hydrogens (tertiary/aromatic N) is 2. The number of pyridine rings is 1. The largest absolute Gasteiger partial charge is 0.301 e. The van der Waals surface area contributed by atoms with Gasteiger partial charge in [-0.3, -0.25) is 4.98 Å². The average molecular weight is 260 g/mol. The van der Waals surface area contributed by atoms with E-state index in [1.54, 1.807) is 0 Å². The molecule has 1 saturated heterocycles. The Morgan fingerprint density at radius 2 is 1.79 bits per heavy atom. The van der Waals surface area contributed by atoms with E-state index in [1.165, 1.54) is 37.2 Å². The highest BCUT2D eigenvalue weighted by atomic mass is 15.1. The Bertz CT molecular complexity index is 392. The second-order valence-corrected chi connectivity index (χ2v) is 7.13. The van der Waals surface area contributed by atoms with Gasteiger partial charge < -0.3 is 4.90 Å². The van der Waals surface area contributed by atoms with Gasteiger partial charge in [0.2, 0.25) is 0 Å². The number of hydrogen-bond donors (Lipinski definition) is 0. The lowest BCUT2D eigenvalue weighted by molar-refractivity contribution is 0.172. The molecule has 1 fully saturated rings. The lowest BCUT2D eigenvalue weighted by Gasteiger charge is -2.34. The topological polar surface area (TPSA) is 16.1 Å². The van der Waals surface area contributed by atoms with Gasteiger partial charge in [-0.1, -0.05) is 26.8 Å². The Morgan fingerprint density at radius 1 is 1.16 bits per heavy atom. The number of hydrogen-bond acceptors (Lipinski definition) is 2. The Kier molecular flexibility index (Phi) is 4.29. The SMILES string of the molecule is CC(C)N1CCC(c2ccc(C(C)(C)C)nc2)CC1. The molecule has 1 aliphatic rings. The monoisotopic (exact) mass is 260 g/mol. The number of likely N-dealkylation sites (tertiary alicyclic amines) is 1. The fourth-order valence-corrected chi connectivity index (χ4v) is 2.84. The van der Waals surface area contributed by atoms with E-state index >= 15 is 0 Å². The number of piperidine rings is 1. The second kappa shape index (κ2) is 5.62. The third-order valence-corrected chi connectivity index (χ3v) is 4.29. The van der Waals surface area contributed by atoms with Gasteiger partial charge in [-0.2, -0.15) is 0 Å². The van der Waals surface area contributed by atoms with Gasteiger partial charge in [0.05, 0.1) is 0 Å². The fourth-order valence-electron chi connectivity index (χ4n) is 2.84. The highest BCUT2D eigenvalue weighted by Gasteiger charge is 2.23. The minimum Gasteiger partial charge on any atom is -0.301 e. The first-order valence-electron chi connectivity index (χ1n) is 7.58. The van der Waals surface area contributed by atoms with E-state index in [4.69, 9.17) is 0 Å². The molecule has 1 aromatic heterocycles. The molecule has 0 bridgehead atoms. The van der Waals surface area contributed by atoms with E-state index in [-0.39, 0.29) is 5.41 Å². The first kappa shape index (κ1) is 14.5. The summed E-state index contributed by atoms with van der Waals surface area (Å²) in [4.78, 5) is 7.24. The number of aromatic nitrogens is 1. The van der Waals surface area contributed by atoms with Crippen molar-refractivity contribution < 1.29 is 0 Å². The van der Waals surface area contributed by atoms with Gasteiger partial charge in [0, 0.05) is 23.3 Å². The van der Waals surface area contributed by atoms with Gasteiger partial charge in [-0.25, -0.2) is 0 Å². The maximum atomic E-state index is 4.67. The first-order chi connectivity index (χ1) is 8.88. The van der Waals surface area contributed by atoms with Crippen molar-refractivity contribution in [1.82, 2.24) is 9.88 Å².